The van der Waals surface area contributed by atoms with Gasteiger partial charge in [0, 0.05) is 12.1 Å². The summed E-state index contributed by atoms with van der Waals surface area (Å²) in [5.74, 6) is 0.991. The van der Waals surface area contributed by atoms with Crippen molar-refractivity contribution >= 4 is 0 Å². The standard InChI is InChI=1S/C14H25N/c1-11-9-12(10-11)15-13-5-8-14(13)6-3-2-4-7-14/h11-13,15H,2-10H2,1H3. The summed E-state index contributed by atoms with van der Waals surface area (Å²) in [5.41, 5.74) is 0.761. The summed E-state index contributed by atoms with van der Waals surface area (Å²) < 4.78 is 0. The highest BCUT2D eigenvalue weighted by Gasteiger charge is 2.47. The zero-order chi connectivity index (χ0) is 10.3. The van der Waals surface area contributed by atoms with Crippen LogP contribution in [0.4, 0.5) is 0 Å². The van der Waals surface area contributed by atoms with Gasteiger partial charge in [-0.05, 0) is 49.9 Å². The van der Waals surface area contributed by atoms with Crippen molar-refractivity contribution in [1.82, 2.24) is 5.32 Å². The number of rotatable bonds is 2. The molecule has 1 unspecified atom stereocenters. The highest BCUT2D eigenvalue weighted by Crippen LogP contribution is 2.52. The number of hydrogen-bond donors (Lipinski definition) is 1. The van der Waals surface area contributed by atoms with Crippen molar-refractivity contribution in [3.8, 4) is 0 Å². The summed E-state index contributed by atoms with van der Waals surface area (Å²) >= 11 is 0. The first-order valence-electron chi connectivity index (χ1n) is 7.05. The van der Waals surface area contributed by atoms with Gasteiger partial charge in [0.05, 0.1) is 0 Å². The van der Waals surface area contributed by atoms with E-state index in [1.807, 2.05) is 0 Å². The lowest BCUT2D eigenvalue weighted by Crippen LogP contribution is -2.59. The van der Waals surface area contributed by atoms with Crippen molar-refractivity contribution < 1.29 is 0 Å². The summed E-state index contributed by atoms with van der Waals surface area (Å²) in [5, 5.41) is 3.94. The third-order valence-corrected chi connectivity index (χ3v) is 5.33. The van der Waals surface area contributed by atoms with Gasteiger partial charge in [-0.25, -0.2) is 0 Å². The lowest BCUT2D eigenvalue weighted by Gasteiger charge is -2.55. The third kappa shape index (κ3) is 1.73. The van der Waals surface area contributed by atoms with E-state index in [9.17, 15) is 0 Å². The minimum atomic E-state index is 0.761. The maximum absolute atomic E-state index is 3.94. The van der Waals surface area contributed by atoms with Gasteiger partial charge in [0.15, 0.2) is 0 Å². The molecule has 0 aliphatic heterocycles. The molecule has 86 valence electrons. The Morgan fingerprint density at radius 3 is 2.27 bits per heavy atom. The molecule has 0 heterocycles. The van der Waals surface area contributed by atoms with Gasteiger partial charge < -0.3 is 5.32 Å². The van der Waals surface area contributed by atoms with Crippen molar-refractivity contribution in [2.45, 2.75) is 76.8 Å². The van der Waals surface area contributed by atoms with Crippen LogP contribution in [0.15, 0.2) is 0 Å². The van der Waals surface area contributed by atoms with Gasteiger partial charge in [0.25, 0.3) is 0 Å². The maximum atomic E-state index is 3.94. The second kappa shape index (κ2) is 3.76. The van der Waals surface area contributed by atoms with Gasteiger partial charge in [-0.15, -0.1) is 0 Å². The Bertz CT molecular complexity index is 223. The van der Waals surface area contributed by atoms with Crippen molar-refractivity contribution in [2.24, 2.45) is 11.3 Å². The monoisotopic (exact) mass is 207 g/mol. The Balaban J connectivity index is 1.53. The van der Waals surface area contributed by atoms with Crippen LogP contribution in [0.25, 0.3) is 0 Å². The second-order valence-corrected chi connectivity index (χ2v) is 6.45. The Morgan fingerprint density at radius 2 is 1.73 bits per heavy atom. The highest BCUT2D eigenvalue weighted by molar-refractivity contribution is 5.03. The van der Waals surface area contributed by atoms with E-state index in [-0.39, 0.29) is 0 Å². The number of nitrogens with one attached hydrogen (secondary N) is 1. The Kier molecular flexibility index (Phi) is 2.54. The zero-order valence-electron chi connectivity index (χ0n) is 10.1. The molecule has 1 heteroatoms. The molecule has 1 nitrogen and oxygen atoms in total. The predicted molar refractivity (Wildman–Crippen MR) is 63.9 cm³/mol. The van der Waals surface area contributed by atoms with E-state index >= 15 is 0 Å². The molecule has 1 atom stereocenters. The van der Waals surface area contributed by atoms with Gasteiger partial charge in [0.1, 0.15) is 0 Å². The summed E-state index contributed by atoms with van der Waals surface area (Å²) in [6, 6.07) is 1.78. The molecule has 0 aromatic heterocycles. The molecule has 3 fully saturated rings. The minimum Gasteiger partial charge on any atom is -0.311 e. The molecular formula is C14H25N. The molecular weight excluding hydrogens is 182 g/mol. The van der Waals surface area contributed by atoms with Crippen LogP contribution in [0, 0.1) is 11.3 Å². The van der Waals surface area contributed by atoms with E-state index in [0.29, 0.717) is 0 Å². The van der Waals surface area contributed by atoms with Gasteiger partial charge in [0.2, 0.25) is 0 Å². The van der Waals surface area contributed by atoms with Gasteiger partial charge in [-0.3, -0.25) is 0 Å². The van der Waals surface area contributed by atoms with Crippen LogP contribution >= 0.6 is 0 Å². The van der Waals surface area contributed by atoms with Gasteiger partial charge >= 0.3 is 0 Å². The molecule has 0 saturated heterocycles. The van der Waals surface area contributed by atoms with Crippen LogP contribution in [0.1, 0.15) is 64.7 Å². The lowest BCUT2D eigenvalue weighted by molar-refractivity contribution is 0.00533. The maximum Gasteiger partial charge on any atom is 0.0126 e. The normalized spacial score (nSPS) is 43.4. The fourth-order valence-corrected chi connectivity index (χ4v) is 4.13. The fourth-order valence-electron chi connectivity index (χ4n) is 4.13. The first kappa shape index (κ1) is 10.1. The summed E-state index contributed by atoms with van der Waals surface area (Å²) in [6.07, 6.45) is 13.4. The Morgan fingerprint density at radius 1 is 1.00 bits per heavy atom. The second-order valence-electron chi connectivity index (χ2n) is 6.45. The number of hydrogen-bond acceptors (Lipinski definition) is 1. The molecule has 3 saturated carbocycles. The molecule has 3 rings (SSSR count). The van der Waals surface area contributed by atoms with Crippen molar-refractivity contribution in [2.75, 3.05) is 0 Å². The van der Waals surface area contributed by atoms with E-state index in [2.05, 4.69) is 12.2 Å². The van der Waals surface area contributed by atoms with Crippen molar-refractivity contribution in [1.29, 1.82) is 0 Å². The summed E-state index contributed by atoms with van der Waals surface area (Å²) in [7, 11) is 0. The Labute approximate surface area is 94.0 Å². The molecule has 0 aromatic rings. The first-order valence-corrected chi connectivity index (χ1v) is 7.05. The minimum absolute atomic E-state index is 0.761. The van der Waals surface area contributed by atoms with Gasteiger partial charge in [-0.2, -0.15) is 0 Å². The summed E-state index contributed by atoms with van der Waals surface area (Å²) in [6.45, 7) is 2.38. The molecule has 0 bridgehead atoms. The van der Waals surface area contributed by atoms with Crippen molar-refractivity contribution in [3.05, 3.63) is 0 Å². The quantitative estimate of drug-likeness (QED) is 0.731. The fraction of sp³-hybridized carbons (Fsp3) is 1.00. The van der Waals surface area contributed by atoms with Crippen LogP contribution in [0.5, 0.6) is 0 Å². The molecule has 15 heavy (non-hydrogen) atoms. The van der Waals surface area contributed by atoms with Crippen LogP contribution in [-0.2, 0) is 0 Å². The molecule has 1 spiro atoms. The molecule has 3 aliphatic rings. The van der Waals surface area contributed by atoms with E-state index in [4.69, 9.17) is 0 Å². The molecule has 0 radical (unpaired) electrons. The van der Waals surface area contributed by atoms with Crippen LogP contribution in [-0.4, -0.2) is 12.1 Å². The Hall–Kier alpha value is -0.0400. The molecule has 0 amide bonds. The third-order valence-electron chi connectivity index (χ3n) is 5.33. The zero-order valence-corrected chi connectivity index (χ0v) is 10.1. The average molecular weight is 207 g/mol. The molecule has 1 N–H and O–H groups in total. The van der Waals surface area contributed by atoms with E-state index in [0.717, 1.165) is 23.4 Å². The topological polar surface area (TPSA) is 12.0 Å². The van der Waals surface area contributed by atoms with Gasteiger partial charge in [-0.1, -0.05) is 26.2 Å². The van der Waals surface area contributed by atoms with Crippen LogP contribution < -0.4 is 5.32 Å². The highest BCUT2D eigenvalue weighted by atomic mass is 15.0. The largest absolute Gasteiger partial charge is 0.311 e. The van der Waals surface area contributed by atoms with Crippen LogP contribution in [0.3, 0.4) is 0 Å². The van der Waals surface area contributed by atoms with Crippen LogP contribution in [0.2, 0.25) is 0 Å². The molecule has 0 aromatic carbocycles. The SMILES string of the molecule is CC1CC(NC2CCC23CCCCC3)C1. The van der Waals surface area contributed by atoms with E-state index < -0.39 is 0 Å². The average Bonchev–Trinajstić information content (AvgIpc) is 2.22. The van der Waals surface area contributed by atoms with E-state index in [1.165, 1.54) is 57.8 Å². The first-order chi connectivity index (χ1) is 7.28. The molecule has 3 aliphatic carbocycles. The van der Waals surface area contributed by atoms with Crippen molar-refractivity contribution in [3.63, 3.8) is 0 Å². The lowest BCUT2D eigenvalue weighted by atomic mass is 9.57. The smallest absolute Gasteiger partial charge is 0.0126 e. The predicted octanol–water partition coefficient (Wildman–Crippen LogP) is 3.49. The van der Waals surface area contributed by atoms with E-state index in [1.54, 1.807) is 0 Å². The summed E-state index contributed by atoms with van der Waals surface area (Å²) in [4.78, 5) is 0.